The highest BCUT2D eigenvalue weighted by Gasteiger charge is 2.48. The number of primary amides is 1. The number of benzene rings is 3. The highest BCUT2D eigenvalue weighted by Crippen LogP contribution is 2.46. The molecule has 1 fully saturated rings. The van der Waals surface area contributed by atoms with E-state index in [4.69, 9.17) is 5.73 Å². The molecule has 6 N–H and O–H groups in total. The molecule has 2 amide bonds. The zero-order valence-electron chi connectivity index (χ0n) is 25.9. The van der Waals surface area contributed by atoms with E-state index in [0.29, 0.717) is 43.5 Å². The lowest BCUT2D eigenvalue weighted by molar-refractivity contribution is -0.131. The smallest absolute Gasteiger partial charge is 0.267 e. The van der Waals surface area contributed by atoms with Crippen molar-refractivity contribution in [2.75, 3.05) is 18.1 Å². The number of hydrogen-bond donors (Lipinski definition) is 5. The number of aliphatic hydroxyl groups excluding tert-OH is 3. The summed E-state index contributed by atoms with van der Waals surface area (Å²) in [6.07, 6.45) is 3.16. The van der Waals surface area contributed by atoms with Crippen molar-refractivity contribution >= 4 is 17.5 Å². The third-order valence-electron chi connectivity index (χ3n) is 8.82. The van der Waals surface area contributed by atoms with Gasteiger partial charge < -0.3 is 31.1 Å². The van der Waals surface area contributed by atoms with Crippen LogP contribution in [0.2, 0.25) is 0 Å². The molecule has 0 spiro atoms. The van der Waals surface area contributed by atoms with Crippen LogP contribution in [0.3, 0.4) is 0 Å². The average molecular weight is 643 g/mol. The summed E-state index contributed by atoms with van der Waals surface area (Å²) in [5.41, 5.74) is 8.06. The molecule has 0 radical (unpaired) electrons. The number of amides is 2. The zero-order chi connectivity index (χ0) is 33.6. The molecule has 1 aliphatic heterocycles. The lowest BCUT2D eigenvalue weighted by atomic mass is 9.78. The third-order valence-corrected chi connectivity index (χ3v) is 8.82. The van der Waals surface area contributed by atoms with Crippen molar-refractivity contribution in [1.29, 1.82) is 0 Å². The number of aromatic nitrogens is 2. The number of nitrogens with zero attached hydrogens (tertiary/aromatic N) is 3. The van der Waals surface area contributed by atoms with Crippen LogP contribution >= 0.6 is 0 Å². The van der Waals surface area contributed by atoms with Crippen molar-refractivity contribution < 1.29 is 34.4 Å². The molecule has 10 nitrogen and oxygen atoms in total. The number of anilines is 1. The van der Waals surface area contributed by atoms with Gasteiger partial charge in [0, 0.05) is 18.3 Å². The summed E-state index contributed by atoms with van der Waals surface area (Å²) >= 11 is 0. The monoisotopic (exact) mass is 642 g/mol. The molecule has 5 rings (SSSR count). The second-order valence-electron chi connectivity index (χ2n) is 12.1. The molecule has 1 saturated heterocycles. The van der Waals surface area contributed by atoms with Crippen LogP contribution in [-0.4, -0.2) is 61.0 Å². The fourth-order valence-electron chi connectivity index (χ4n) is 5.89. The molecule has 0 aliphatic carbocycles. The number of aliphatic hydroxyl groups is 4. The van der Waals surface area contributed by atoms with Crippen LogP contribution < -0.4 is 10.6 Å². The molecule has 3 aromatic carbocycles. The van der Waals surface area contributed by atoms with Crippen molar-refractivity contribution in [3.8, 4) is 0 Å². The van der Waals surface area contributed by atoms with Crippen LogP contribution in [0.5, 0.6) is 0 Å². The van der Waals surface area contributed by atoms with Crippen LogP contribution in [0.15, 0.2) is 85.1 Å². The highest BCUT2D eigenvalue weighted by molar-refractivity contribution is 6.03. The van der Waals surface area contributed by atoms with Crippen molar-refractivity contribution in [1.82, 2.24) is 9.97 Å². The van der Waals surface area contributed by atoms with Gasteiger partial charge in [0.25, 0.3) is 5.91 Å². The van der Waals surface area contributed by atoms with E-state index in [1.165, 1.54) is 24.4 Å². The van der Waals surface area contributed by atoms with E-state index in [-0.39, 0.29) is 35.8 Å². The van der Waals surface area contributed by atoms with Crippen molar-refractivity contribution in [2.24, 2.45) is 11.7 Å². The first kappa shape index (κ1) is 33.8. The number of carbonyl (C=O) groups is 2. The van der Waals surface area contributed by atoms with Gasteiger partial charge in [0.1, 0.15) is 22.9 Å². The summed E-state index contributed by atoms with van der Waals surface area (Å²) in [5.74, 6) is -0.941. The first-order chi connectivity index (χ1) is 22.6. The summed E-state index contributed by atoms with van der Waals surface area (Å²) in [6.45, 7) is -1.08. The number of carbonyl (C=O) groups excluding carboxylic acids is 2. The summed E-state index contributed by atoms with van der Waals surface area (Å²) < 4.78 is 13.4. The standard InChI is InChI=1S/C36H39FN4O6/c37-27-10-8-25(9-11-27)31(44)15-14-29-33(26-6-1-24(2-7-26)17-19-36(47,21-42)22-43)41(35(29)46)28-12-3-23(4-13-28)5-16-32-39-20-18-30(40-32)34(38)45/h1-4,6-13,18,20,29,31,33,42-44,47H,5,14-17,19,21-22H2,(H2,38,45)/t29-,31+,33-/m1/s1. The minimum absolute atomic E-state index is 0.0641. The highest BCUT2D eigenvalue weighted by atomic mass is 19.1. The molecule has 0 bridgehead atoms. The fourth-order valence-corrected chi connectivity index (χ4v) is 5.89. The van der Waals surface area contributed by atoms with Crippen LogP contribution in [0.4, 0.5) is 10.1 Å². The Morgan fingerprint density at radius 2 is 1.55 bits per heavy atom. The van der Waals surface area contributed by atoms with E-state index < -0.39 is 30.8 Å². The van der Waals surface area contributed by atoms with Crippen LogP contribution in [0.25, 0.3) is 0 Å². The van der Waals surface area contributed by atoms with E-state index in [0.717, 1.165) is 22.4 Å². The maximum atomic E-state index is 13.6. The van der Waals surface area contributed by atoms with Gasteiger partial charge in [0.15, 0.2) is 0 Å². The van der Waals surface area contributed by atoms with Gasteiger partial charge in [-0.3, -0.25) is 9.59 Å². The second-order valence-corrected chi connectivity index (χ2v) is 12.1. The molecule has 3 atom stereocenters. The molecular formula is C36H39FN4O6. The Balaban J connectivity index is 1.31. The molecule has 47 heavy (non-hydrogen) atoms. The summed E-state index contributed by atoms with van der Waals surface area (Å²) in [7, 11) is 0. The summed E-state index contributed by atoms with van der Waals surface area (Å²) in [6, 6.07) is 22.2. The van der Waals surface area contributed by atoms with Crippen molar-refractivity contribution in [2.45, 2.75) is 56.3 Å². The lowest BCUT2D eigenvalue weighted by Crippen LogP contribution is -2.55. The Morgan fingerprint density at radius 1 is 0.915 bits per heavy atom. The Labute approximate surface area is 272 Å². The summed E-state index contributed by atoms with van der Waals surface area (Å²) in [5, 5.41) is 39.8. The van der Waals surface area contributed by atoms with Crippen LogP contribution in [-0.2, 0) is 24.1 Å². The minimum Gasteiger partial charge on any atom is -0.393 e. The zero-order valence-corrected chi connectivity index (χ0v) is 25.9. The quantitative estimate of drug-likeness (QED) is 0.123. The van der Waals surface area contributed by atoms with E-state index >= 15 is 0 Å². The average Bonchev–Trinajstić information content (AvgIpc) is 3.09. The van der Waals surface area contributed by atoms with Crippen LogP contribution in [0, 0.1) is 11.7 Å². The SMILES string of the molecule is NC(=O)c1ccnc(CCc2ccc(N3C(=O)[C@H](CC[C@H](O)c4ccc(F)cc4)[C@H]3c3ccc(CCC(O)(CO)CO)cc3)cc2)n1. The topological polar surface area (TPSA) is 170 Å². The number of halogens is 1. The molecule has 0 unspecified atom stereocenters. The van der Waals surface area contributed by atoms with E-state index in [1.807, 2.05) is 48.5 Å². The Bertz CT molecular complexity index is 1660. The van der Waals surface area contributed by atoms with Gasteiger partial charge in [-0.1, -0.05) is 48.5 Å². The van der Waals surface area contributed by atoms with Gasteiger partial charge in [0.05, 0.1) is 31.3 Å². The molecule has 11 heteroatoms. The largest absolute Gasteiger partial charge is 0.393 e. The van der Waals surface area contributed by atoms with Gasteiger partial charge in [-0.2, -0.15) is 0 Å². The van der Waals surface area contributed by atoms with Gasteiger partial charge in [-0.25, -0.2) is 14.4 Å². The van der Waals surface area contributed by atoms with E-state index in [2.05, 4.69) is 9.97 Å². The number of hydrogen-bond acceptors (Lipinski definition) is 8. The van der Waals surface area contributed by atoms with Crippen LogP contribution in [0.1, 0.15) is 70.0 Å². The first-order valence-corrected chi connectivity index (χ1v) is 15.6. The van der Waals surface area contributed by atoms with Crippen molar-refractivity contribution in [3.63, 3.8) is 0 Å². The first-order valence-electron chi connectivity index (χ1n) is 15.6. The predicted octanol–water partition coefficient (Wildman–Crippen LogP) is 3.37. The van der Waals surface area contributed by atoms with Gasteiger partial charge >= 0.3 is 0 Å². The van der Waals surface area contributed by atoms with E-state index in [1.54, 1.807) is 17.0 Å². The Hall–Kier alpha value is -4.55. The molecular weight excluding hydrogens is 603 g/mol. The number of nitrogens with two attached hydrogens (primary N) is 1. The second kappa shape index (κ2) is 14.9. The van der Waals surface area contributed by atoms with Gasteiger partial charge in [-0.05, 0) is 84.7 Å². The molecule has 1 aromatic heterocycles. The van der Waals surface area contributed by atoms with Gasteiger partial charge in [-0.15, -0.1) is 0 Å². The normalized spacial score (nSPS) is 17.0. The fraction of sp³-hybridized carbons (Fsp3) is 0.333. The summed E-state index contributed by atoms with van der Waals surface area (Å²) in [4.78, 5) is 35.3. The Kier molecular flexibility index (Phi) is 10.7. The molecule has 1 aliphatic rings. The maximum absolute atomic E-state index is 13.6. The van der Waals surface area contributed by atoms with Crippen molar-refractivity contribution in [3.05, 3.63) is 125 Å². The third kappa shape index (κ3) is 8.06. The number of aryl methyl sites for hydroxylation is 3. The molecule has 2 heterocycles. The molecule has 246 valence electrons. The molecule has 4 aromatic rings. The van der Waals surface area contributed by atoms with E-state index in [9.17, 15) is 34.4 Å². The Morgan fingerprint density at radius 3 is 2.19 bits per heavy atom. The minimum atomic E-state index is -1.56. The molecule has 0 saturated carbocycles. The predicted molar refractivity (Wildman–Crippen MR) is 173 cm³/mol. The number of β-lactam (4-membered cyclic amide) rings is 1. The number of rotatable bonds is 15. The lowest BCUT2D eigenvalue weighted by Gasteiger charge is -2.48. The van der Waals surface area contributed by atoms with Gasteiger partial charge in [0.2, 0.25) is 5.91 Å². The maximum Gasteiger partial charge on any atom is 0.267 e.